The number of ether oxygens (including phenoxy) is 1. The predicted molar refractivity (Wildman–Crippen MR) is 232 cm³/mol. The Morgan fingerprint density at radius 3 is 1.93 bits per heavy atom. The Bertz CT molecular complexity index is 3480. The molecule has 0 atom stereocenters. The van der Waals surface area contributed by atoms with Crippen LogP contribution in [-0.2, 0) is 5.41 Å². The lowest BCUT2D eigenvalue weighted by molar-refractivity contribution is 0.440. The van der Waals surface area contributed by atoms with E-state index in [0.717, 1.165) is 66.6 Å². The maximum atomic E-state index is 7.29. The van der Waals surface area contributed by atoms with Crippen molar-refractivity contribution in [2.45, 2.75) is 5.41 Å². The molecule has 264 valence electrons. The number of benzene rings is 9. The van der Waals surface area contributed by atoms with Gasteiger partial charge in [0.1, 0.15) is 11.3 Å². The SMILES string of the molecule is c1ccc2c(c1)Oc1c(ccc3c4c5ccccc5ccc4n(-c4nc(-c5ccc6ccccc6c5)c5ccccc5n4)c13)C21c2ccccc2-c2ccccc21. The van der Waals surface area contributed by atoms with Crippen LogP contribution in [0.5, 0.6) is 11.5 Å². The van der Waals surface area contributed by atoms with Gasteiger partial charge in [-0.25, -0.2) is 9.97 Å². The van der Waals surface area contributed by atoms with Gasteiger partial charge in [-0.05, 0) is 68.1 Å². The largest absolute Gasteiger partial charge is 0.454 e. The van der Waals surface area contributed by atoms with E-state index in [9.17, 15) is 0 Å². The molecule has 4 nitrogen and oxygen atoms in total. The van der Waals surface area contributed by atoms with Gasteiger partial charge in [0.2, 0.25) is 5.95 Å². The number of hydrogen-bond acceptors (Lipinski definition) is 3. The van der Waals surface area contributed by atoms with Crippen LogP contribution in [0.2, 0.25) is 0 Å². The van der Waals surface area contributed by atoms with Crippen molar-refractivity contribution in [2.75, 3.05) is 0 Å². The molecule has 0 unspecified atom stereocenters. The Morgan fingerprint density at radius 2 is 1.11 bits per heavy atom. The summed E-state index contributed by atoms with van der Waals surface area (Å²) in [6.07, 6.45) is 0. The normalized spacial score (nSPS) is 13.5. The van der Waals surface area contributed by atoms with Crippen molar-refractivity contribution in [2.24, 2.45) is 0 Å². The number of hydrogen-bond donors (Lipinski definition) is 0. The van der Waals surface area contributed by atoms with Crippen LogP contribution in [0.4, 0.5) is 0 Å². The van der Waals surface area contributed by atoms with E-state index in [1.54, 1.807) is 0 Å². The molecule has 4 heteroatoms. The molecular weight excluding hydrogens is 695 g/mol. The van der Waals surface area contributed by atoms with E-state index in [4.69, 9.17) is 14.7 Å². The van der Waals surface area contributed by atoms with Crippen molar-refractivity contribution in [3.05, 3.63) is 210 Å². The number of rotatable bonds is 2. The molecule has 0 bridgehead atoms. The van der Waals surface area contributed by atoms with Gasteiger partial charge in [-0.15, -0.1) is 0 Å². The first-order valence-electron chi connectivity index (χ1n) is 19.5. The van der Waals surface area contributed by atoms with E-state index in [0.29, 0.717) is 5.95 Å². The highest BCUT2D eigenvalue weighted by molar-refractivity contribution is 6.22. The minimum Gasteiger partial charge on any atom is -0.454 e. The first-order chi connectivity index (χ1) is 28.3. The molecule has 11 aromatic rings. The van der Waals surface area contributed by atoms with Crippen LogP contribution in [0.15, 0.2) is 188 Å². The summed E-state index contributed by atoms with van der Waals surface area (Å²) in [5.74, 6) is 2.27. The van der Waals surface area contributed by atoms with Gasteiger partial charge in [-0.3, -0.25) is 4.57 Å². The summed E-state index contributed by atoms with van der Waals surface area (Å²) >= 11 is 0. The maximum Gasteiger partial charge on any atom is 0.235 e. The molecule has 1 aliphatic heterocycles. The van der Waals surface area contributed by atoms with Gasteiger partial charge in [0.25, 0.3) is 0 Å². The monoisotopic (exact) mass is 725 g/mol. The van der Waals surface area contributed by atoms with E-state index < -0.39 is 5.41 Å². The van der Waals surface area contributed by atoms with Gasteiger partial charge in [0, 0.05) is 32.8 Å². The quantitative estimate of drug-likeness (QED) is 0.178. The number of para-hydroxylation sites is 2. The van der Waals surface area contributed by atoms with Crippen molar-refractivity contribution < 1.29 is 4.74 Å². The van der Waals surface area contributed by atoms with Crippen molar-refractivity contribution in [3.8, 4) is 39.8 Å². The lowest BCUT2D eigenvalue weighted by atomic mass is 9.66. The molecule has 0 saturated carbocycles. The van der Waals surface area contributed by atoms with Gasteiger partial charge < -0.3 is 4.74 Å². The first kappa shape index (κ1) is 30.7. The topological polar surface area (TPSA) is 39.9 Å². The lowest BCUT2D eigenvalue weighted by Gasteiger charge is -2.39. The van der Waals surface area contributed by atoms with Crippen LogP contribution in [-0.4, -0.2) is 14.5 Å². The molecule has 1 spiro atoms. The second-order valence-electron chi connectivity index (χ2n) is 15.2. The summed E-state index contributed by atoms with van der Waals surface area (Å²) in [4.78, 5) is 10.9. The summed E-state index contributed by atoms with van der Waals surface area (Å²) < 4.78 is 9.55. The summed E-state index contributed by atoms with van der Waals surface area (Å²) in [6, 6.07) is 67.5. The highest BCUT2D eigenvalue weighted by Gasteiger charge is 2.51. The summed E-state index contributed by atoms with van der Waals surface area (Å²) in [6.45, 7) is 0. The smallest absolute Gasteiger partial charge is 0.235 e. The lowest BCUT2D eigenvalue weighted by Crippen LogP contribution is -2.32. The average molecular weight is 726 g/mol. The third kappa shape index (κ3) is 4.01. The summed E-state index contributed by atoms with van der Waals surface area (Å²) in [7, 11) is 0. The van der Waals surface area contributed by atoms with Crippen LogP contribution < -0.4 is 4.74 Å². The molecule has 0 amide bonds. The molecule has 1 aliphatic carbocycles. The fourth-order valence-electron chi connectivity index (χ4n) is 10.1. The number of fused-ring (bicyclic) bond motifs is 17. The average Bonchev–Trinajstić information content (AvgIpc) is 3.78. The first-order valence-corrected chi connectivity index (χ1v) is 19.5. The Kier molecular flexibility index (Phi) is 6.07. The van der Waals surface area contributed by atoms with E-state index >= 15 is 0 Å². The summed E-state index contributed by atoms with van der Waals surface area (Å²) in [5.41, 5.74) is 11.5. The van der Waals surface area contributed by atoms with Gasteiger partial charge >= 0.3 is 0 Å². The third-order valence-electron chi connectivity index (χ3n) is 12.4. The minimum atomic E-state index is -0.602. The van der Waals surface area contributed by atoms with E-state index in [1.807, 2.05) is 0 Å². The molecule has 3 heterocycles. The molecule has 2 aromatic heterocycles. The highest BCUT2D eigenvalue weighted by Crippen LogP contribution is 2.63. The second kappa shape index (κ2) is 11.2. The van der Waals surface area contributed by atoms with Gasteiger partial charge in [-0.1, -0.05) is 164 Å². The second-order valence-corrected chi connectivity index (χ2v) is 15.2. The maximum absolute atomic E-state index is 7.29. The van der Waals surface area contributed by atoms with Gasteiger partial charge in [0.15, 0.2) is 5.75 Å². The minimum absolute atomic E-state index is 0.601. The Balaban J connectivity index is 1.20. The van der Waals surface area contributed by atoms with Crippen LogP contribution in [0.1, 0.15) is 22.3 Å². The van der Waals surface area contributed by atoms with Crippen LogP contribution in [0.25, 0.3) is 82.6 Å². The Labute approximate surface area is 327 Å². The molecule has 0 saturated heterocycles. The third-order valence-corrected chi connectivity index (χ3v) is 12.4. The van der Waals surface area contributed by atoms with Crippen molar-refractivity contribution >= 4 is 54.3 Å². The summed E-state index contributed by atoms with van der Waals surface area (Å²) in [5, 5.41) is 7.98. The zero-order chi connectivity index (χ0) is 37.2. The van der Waals surface area contributed by atoms with Crippen LogP contribution >= 0.6 is 0 Å². The fraction of sp³-hybridized carbons (Fsp3) is 0.0189. The van der Waals surface area contributed by atoms with Crippen molar-refractivity contribution in [1.29, 1.82) is 0 Å². The molecular formula is C53H31N3O. The molecule has 0 fully saturated rings. The molecule has 0 radical (unpaired) electrons. The van der Waals surface area contributed by atoms with Crippen LogP contribution in [0.3, 0.4) is 0 Å². The number of aromatic nitrogens is 3. The van der Waals surface area contributed by atoms with Crippen LogP contribution in [0, 0.1) is 0 Å². The Morgan fingerprint density at radius 1 is 0.456 bits per heavy atom. The highest BCUT2D eigenvalue weighted by atomic mass is 16.5. The molecule has 0 N–H and O–H groups in total. The molecule has 9 aromatic carbocycles. The predicted octanol–water partition coefficient (Wildman–Crippen LogP) is 13.2. The van der Waals surface area contributed by atoms with Gasteiger partial charge in [-0.2, -0.15) is 0 Å². The molecule has 2 aliphatic rings. The number of nitrogens with zero attached hydrogens (tertiary/aromatic N) is 3. The van der Waals surface area contributed by atoms with Crippen molar-refractivity contribution in [1.82, 2.24) is 14.5 Å². The molecule has 13 rings (SSSR count). The zero-order valence-corrected chi connectivity index (χ0v) is 30.6. The Hall–Kier alpha value is -7.56. The van der Waals surface area contributed by atoms with E-state index in [1.165, 1.54) is 43.8 Å². The molecule has 57 heavy (non-hydrogen) atoms. The van der Waals surface area contributed by atoms with Gasteiger partial charge in [0.05, 0.1) is 22.1 Å². The zero-order valence-electron chi connectivity index (χ0n) is 30.6. The fourth-order valence-corrected chi connectivity index (χ4v) is 10.1. The standard InChI is InChI=1S/C53H31N3O/c1-2-15-34-31-35(26-25-32(34)13-1)49-39-19-7-11-23-45(39)54-52(55-49)56-46-30-27-33-14-3-4-16-36(33)48(46)40-28-29-44-51(50(40)56)57-47-24-12-10-22-43(47)53(44)41-20-8-5-17-37(41)38-18-6-9-21-42(38)53/h1-31H. The van der Waals surface area contributed by atoms with Crippen molar-refractivity contribution in [3.63, 3.8) is 0 Å². The van der Waals surface area contributed by atoms with E-state index in [2.05, 4.69) is 193 Å². The van der Waals surface area contributed by atoms with E-state index in [-0.39, 0.29) is 0 Å².